The van der Waals surface area contributed by atoms with Crippen LogP contribution in [0, 0.1) is 0 Å². The molecule has 0 aliphatic carbocycles. The number of urea groups is 2. The van der Waals surface area contributed by atoms with Crippen LogP contribution in [0.2, 0.25) is 10.0 Å². The number of carbonyl (C=O) groups excluding carboxylic acids is 2. The molecule has 0 radical (unpaired) electrons. The van der Waals surface area contributed by atoms with E-state index in [1.54, 1.807) is 0 Å². The summed E-state index contributed by atoms with van der Waals surface area (Å²) < 4.78 is 50.6. The fourth-order valence-corrected chi connectivity index (χ4v) is 4.25. The zero-order chi connectivity index (χ0) is 25.8. The van der Waals surface area contributed by atoms with E-state index in [1.165, 1.54) is 48.5 Å². The molecule has 0 fully saturated rings. The van der Waals surface area contributed by atoms with Crippen molar-refractivity contribution in [3.63, 3.8) is 0 Å². The Hall–Kier alpha value is -2.54. The summed E-state index contributed by atoms with van der Waals surface area (Å²) in [6.45, 7) is 4.58. The van der Waals surface area contributed by atoms with Crippen LogP contribution in [-0.2, 0) is 20.0 Å². The molecular weight excluding hydrogens is 527 g/mol. The van der Waals surface area contributed by atoms with E-state index in [4.69, 9.17) is 23.2 Å². The van der Waals surface area contributed by atoms with Gasteiger partial charge < -0.3 is 10.6 Å². The molecule has 2 aromatic carbocycles. The van der Waals surface area contributed by atoms with E-state index in [0.29, 0.717) is 23.1 Å². The van der Waals surface area contributed by atoms with Gasteiger partial charge in [0.2, 0.25) is 0 Å². The molecule has 0 aliphatic rings. The van der Waals surface area contributed by atoms with Crippen molar-refractivity contribution < 1.29 is 26.4 Å². The van der Waals surface area contributed by atoms with Gasteiger partial charge in [-0.1, -0.05) is 37.0 Å². The Kier molecular flexibility index (Phi) is 12.1. The van der Waals surface area contributed by atoms with Crippen LogP contribution in [0.3, 0.4) is 0 Å². The Bertz CT molecular complexity index is 1060. The van der Waals surface area contributed by atoms with Gasteiger partial charge in [-0.3, -0.25) is 0 Å². The largest absolute Gasteiger partial charge is 0.337 e. The van der Waals surface area contributed by atoms with Crippen LogP contribution < -0.4 is 20.1 Å². The van der Waals surface area contributed by atoms with Gasteiger partial charge in [-0.25, -0.2) is 35.9 Å². The lowest BCUT2D eigenvalue weighted by atomic mass is 10.4. The van der Waals surface area contributed by atoms with E-state index >= 15 is 0 Å². The van der Waals surface area contributed by atoms with Crippen molar-refractivity contribution in [3.8, 4) is 0 Å². The van der Waals surface area contributed by atoms with Crippen LogP contribution in [-0.4, -0.2) is 42.0 Å². The van der Waals surface area contributed by atoms with Crippen molar-refractivity contribution in [3.05, 3.63) is 58.6 Å². The molecule has 0 aromatic heterocycles. The van der Waals surface area contributed by atoms with Gasteiger partial charge in [0.25, 0.3) is 20.0 Å². The van der Waals surface area contributed by atoms with Gasteiger partial charge >= 0.3 is 12.1 Å². The summed E-state index contributed by atoms with van der Waals surface area (Å²) in [5, 5.41) is 5.69. The summed E-state index contributed by atoms with van der Waals surface area (Å²) in [7, 11) is -7.65. The lowest BCUT2D eigenvalue weighted by Gasteiger charge is -2.07. The maximum absolute atomic E-state index is 11.7. The van der Waals surface area contributed by atoms with Gasteiger partial charge in [0.15, 0.2) is 0 Å². The van der Waals surface area contributed by atoms with E-state index in [1.807, 2.05) is 23.3 Å². The fourth-order valence-electron chi connectivity index (χ4n) is 2.14. The second kappa shape index (κ2) is 14.0. The van der Waals surface area contributed by atoms with Crippen LogP contribution in [0.5, 0.6) is 0 Å². The van der Waals surface area contributed by atoms with Gasteiger partial charge in [0.1, 0.15) is 0 Å². The molecule has 0 aliphatic heterocycles. The van der Waals surface area contributed by atoms with Crippen molar-refractivity contribution in [2.45, 2.75) is 36.5 Å². The average molecular weight is 553 g/mol. The van der Waals surface area contributed by atoms with Gasteiger partial charge in [-0.2, -0.15) is 0 Å². The Morgan fingerprint density at radius 2 is 0.941 bits per heavy atom. The summed E-state index contributed by atoms with van der Waals surface area (Å²) in [6, 6.07) is 9.63. The average Bonchev–Trinajstić information content (AvgIpc) is 2.76. The van der Waals surface area contributed by atoms with Crippen LogP contribution in [0.25, 0.3) is 0 Å². The molecule has 0 spiro atoms. The molecule has 34 heavy (non-hydrogen) atoms. The van der Waals surface area contributed by atoms with Crippen LogP contribution in [0.1, 0.15) is 26.7 Å². The first-order valence-electron chi connectivity index (χ1n) is 10.0. The summed E-state index contributed by atoms with van der Waals surface area (Å²) in [4.78, 5) is 22.4. The Balaban J connectivity index is 0.000000340. The van der Waals surface area contributed by atoms with E-state index in [9.17, 15) is 26.4 Å². The molecule has 0 atom stereocenters. The van der Waals surface area contributed by atoms with E-state index in [0.717, 1.165) is 12.8 Å². The number of amides is 4. The van der Waals surface area contributed by atoms with Crippen LogP contribution >= 0.6 is 23.2 Å². The molecule has 4 amide bonds. The quantitative estimate of drug-likeness (QED) is 0.393. The first-order valence-corrected chi connectivity index (χ1v) is 13.8. The first-order chi connectivity index (χ1) is 15.9. The SMILES string of the molecule is CCCNC(=O)NS(=O)(=O)c1ccc(Cl)cc1.CCCNC(=O)NS(=O)(=O)c1ccc(Cl)cc1. The van der Waals surface area contributed by atoms with Gasteiger partial charge in [0, 0.05) is 23.1 Å². The maximum Gasteiger partial charge on any atom is 0.328 e. The fraction of sp³-hybridized carbons (Fsp3) is 0.300. The number of hydrogen-bond acceptors (Lipinski definition) is 6. The second-order valence-corrected chi connectivity index (χ2v) is 10.9. The van der Waals surface area contributed by atoms with Gasteiger partial charge in [-0.15, -0.1) is 0 Å². The molecule has 0 heterocycles. The molecule has 0 saturated heterocycles. The molecular formula is C20H26Cl2N4O6S2. The van der Waals surface area contributed by atoms with Crippen LogP contribution in [0.4, 0.5) is 9.59 Å². The van der Waals surface area contributed by atoms with Crippen molar-refractivity contribution >= 4 is 55.3 Å². The molecule has 14 heteroatoms. The van der Waals surface area contributed by atoms with Crippen molar-refractivity contribution in [1.82, 2.24) is 20.1 Å². The van der Waals surface area contributed by atoms with E-state index in [-0.39, 0.29) is 9.79 Å². The lowest BCUT2D eigenvalue weighted by Crippen LogP contribution is -2.39. The molecule has 2 aromatic rings. The minimum atomic E-state index is -3.83. The number of sulfonamides is 2. The highest BCUT2D eigenvalue weighted by Gasteiger charge is 2.17. The van der Waals surface area contributed by atoms with Gasteiger partial charge in [-0.05, 0) is 61.4 Å². The zero-order valence-corrected chi connectivity index (χ0v) is 21.6. The Morgan fingerprint density at radius 3 is 1.21 bits per heavy atom. The minimum Gasteiger partial charge on any atom is -0.337 e. The molecule has 10 nitrogen and oxygen atoms in total. The highest BCUT2D eigenvalue weighted by atomic mass is 35.5. The third kappa shape index (κ3) is 10.6. The maximum atomic E-state index is 11.7. The lowest BCUT2D eigenvalue weighted by molar-refractivity contribution is 0.245. The number of rotatable bonds is 8. The summed E-state index contributed by atoms with van der Waals surface area (Å²) >= 11 is 11.3. The molecule has 188 valence electrons. The highest BCUT2D eigenvalue weighted by molar-refractivity contribution is 7.90. The summed E-state index contributed by atoms with van der Waals surface area (Å²) in [6.07, 6.45) is 1.46. The normalized spacial score (nSPS) is 10.9. The van der Waals surface area contributed by atoms with E-state index < -0.39 is 32.1 Å². The predicted octanol–water partition coefficient (Wildman–Crippen LogP) is 3.48. The molecule has 0 unspecified atom stereocenters. The third-order valence-corrected chi connectivity index (χ3v) is 6.97. The monoisotopic (exact) mass is 552 g/mol. The number of nitrogens with one attached hydrogen (secondary N) is 4. The Morgan fingerprint density at radius 1 is 0.647 bits per heavy atom. The van der Waals surface area contributed by atoms with Crippen LogP contribution in [0.15, 0.2) is 58.3 Å². The highest BCUT2D eigenvalue weighted by Crippen LogP contribution is 2.14. The number of carbonyl (C=O) groups is 2. The van der Waals surface area contributed by atoms with Crippen molar-refractivity contribution in [2.75, 3.05) is 13.1 Å². The molecule has 0 bridgehead atoms. The molecule has 4 N–H and O–H groups in total. The summed E-state index contributed by atoms with van der Waals surface area (Å²) in [5.74, 6) is 0. The van der Waals surface area contributed by atoms with Crippen molar-refractivity contribution in [1.29, 1.82) is 0 Å². The number of benzene rings is 2. The topological polar surface area (TPSA) is 151 Å². The first kappa shape index (κ1) is 29.5. The Labute approximate surface area is 209 Å². The minimum absolute atomic E-state index is 0.00597. The molecule has 0 saturated carbocycles. The summed E-state index contributed by atoms with van der Waals surface area (Å²) in [5.41, 5.74) is 0. The number of hydrogen-bond donors (Lipinski definition) is 4. The smallest absolute Gasteiger partial charge is 0.328 e. The number of halogens is 2. The second-order valence-electron chi connectivity index (χ2n) is 6.63. The van der Waals surface area contributed by atoms with Gasteiger partial charge in [0.05, 0.1) is 9.79 Å². The third-order valence-electron chi connectivity index (χ3n) is 3.77. The predicted molar refractivity (Wildman–Crippen MR) is 131 cm³/mol. The van der Waals surface area contributed by atoms with E-state index in [2.05, 4.69) is 10.6 Å². The standard InChI is InChI=1S/2C10H13ClN2O3S/c2*1-2-7-12-10(14)13-17(15,16)9-5-3-8(11)4-6-9/h2*3-6H,2,7H2,1H3,(H2,12,13,14). The van der Waals surface area contributed by atoms with Crippen molar-refractivity contribution in [2.24, 2.45) is 0 Å². The molecule has 2 rings (SSSR count). The zero-order valence-electron chi connectivity index (χ0n) is 18.5.